The number of hydrogen-bond donors (Lipinski definition) is 1. The van der Waals surface area contributed by atoms with Crippen LogP contribution in [0, 0.1) is 6.92 Å². The second-order valence-corrected chi connectivity index (χ2v) is 7.79. The normalized spacial score (nSPS) is 12.7. The first kappa shape index (κ1) is 17.2. The van der Waals surface area contributed by atoms with E-state index in [0.717, 1.165) is 17.4 Å². The molecule has 0 heterocycles. The van der Waals surface area contributed by atoms with Crippen molar-refractivity contribution in [1.29, 1.82) is 0 Å². The molecule has 4 nitrogen and oxygen atoms in total. The number of amides is 1. The van der Waals surface area contributed by atoms with Crippen LogP contribution in [0.1, 0.15) is 34.3 Å². The average Bonchev–Trinajstić information content (AvgIpc) is 2.52. The number of benzene rings is 2. The largest absolute Gasteiger partial charge is 0.351 e. The third-order valence-corrected chi connectivity index (χ3v) is 4.93. The lowest BCUT2D eigenvalue weighted by Crippen LogP contribution is -2.28. The summed E-state index contributed by atoms with van der Waals surface area (Å²) in [7, 11) is -3.33. The maximum atomic E-state index is 12.4. The van der Waals surface area contributed by atoms with Gasteiger partial charge in [-0.3, -0.25) is 4.79 Å². The van der Waals surface area contributed by atoms with Gasteiger partial charge in [0, 0.05) is 18.4 Å². The summed E-state index contributed by atoms with van der Waals surface area (Å²) in [4.78, 5) is 12.5. The predicted molar refractivity (Wildman–Crippen MR) is 91.5 cm³/mol. The number of sulfone groups is 1. The number of carbonyl (C=O) groups excluding carboxylic acids is 1. The molecule has 5 heteroatoms. The fourth-order valence-electron chi connectivity index (χ4n) is 2.32. The average molecular weight is 331 g/mol. The van der Waals surface area contributed by atoms with E-state index in [9.17, 15) is 13.2 Å². The summed E-state index contributed by atoms with van der Waals surface area (Å²) in [5, 5.41) is 2.88. The Morgan fingerprint density at radius 3 is 2.39 bits per heavy atom. The summed E-state index contributed by atoms with van der Waals surface area (Å²) in [6.45, 7) is 4.32. The van der Waals surface area contributed by atoms with E-state index in [1.807, 2.05) is 37.3 Å². The molecule has 0 aliphatic heterocycles. The van der Waals surface area contributed by atoms with Crippen molar-refractivity contribution >= 4 is 15.7 Å². The van der Waals surface area contributed by atoms with Crippen LogP contribution in [-0.4, -0.2) is 27.1 Å². The topological polar surface area (TPSA) is 63.2 Å². The van der Waals surface area contributed by atoms with Gasteiger partial charge in [-0.15, -0.1) is 0 Å². The Morgan fingerprint density at radius 2 is 1.78 bits per heavy atom. The van der Waals surface area contributed by atoms with Gasteiger partial charge >= 0.3 is 0 Å². The van der Waals surface area contributed by atoms with Crippen LogP contribution in [0.15, 0.2) is 53.4 Å². The highest BCUT2D eigenvalue weighted by atomic mass is 32.2. The molecule has 0 radical (unpaired) electrons. The van der Waals surface area contributed by atoms with Crippen molar-refractivity contribution in [3.8, 4) is 0 Å². The van der Waals surface area contributed by atoms with Crippen LogP contribution in [0.3, 0.4) is 0 Å². The molecule has 0 spiro atoms. The maximum Gasteiger partial charge on any atom is 0.251 e. The molecular weight excluding hydrogens is 310 g/mol. The van der Waals surface area contributed by atoms with Crippen molar-refractivity contribution in [3.63, 3.8) is 0 Å². The SMILES string of the molecule is Cc1ccc(S(C)(=O)=O)cc1C(=O)NC[C@H](C)c1ccccc1. The van der Waals surface area contributed by atoms with Gasteiger partial charge in [0.05, 0.1) is 4.90 Å². The molecule has 1 atom stereocenters. The fraction of sp³-hybridized carbons (Fsp3) is 0.278. The number of carbonyl (C=O) groups is 1. The van der Waals surface area contributed by atoms with E-state index < -0.39 is 9.84 Å². The van der Waals surface area contributed by atoms with Crippen molar-refractivity contribution < 1.29 is 13.2 Å². The Bertz CT molecular complexity index is 798. The van der Waals surface area contributed by atoms with Gasteiger partial charge in [-0.25, -0.2) is 8.42 Å². The van der Waals surface area contributed by atoms with E-state index in [1.54, 1.807) is 13.0 Å². The molecule has 0 fully saturated rings. The zero-order chi connectivity index (χ0) is 17.0. The third-order valence-electron chi connectivity index (χ3n) is 3.82. The van der Waals surface area contributed by atoms with Gasteiger partial charge in [0.25, 0.3) is 5.91 Å². The number of aryl methyl sites for hydroxylation is 1. The molecule has 0 bridgehead atoms. The van der Waals surface area contributed by atoms with Crippen LogP contribution >= 0.6 is 0 Å². The minimum Gasteiger partial charge on any atom is -0.351 e. The van der Waals surface area contributed by atoms with E-state index in [2.05, 4.69) is 5.32 Å². The molecule has 0 aliphatic rings. The van der Waals surface area contributed by atoms with Crippen LogP contribution in [0.2, 0.25) is 0 Å². The molecule has 0 unspecified atom stereocenters. The standard InChI is InChI=1S/C18H21NO3S/c1-13-9-10-16(23(3,21)22)11-17(13)18(20)19-12-14(2)15-7-5-4-6-8-15/h4-11,14H,12H2,1-3H3,(H,19,20)/t14-/m0/s1. The van der Waals surface area contributed by atoms with Crippen LogP contribution in [0.25, 0.3) is 0 Å². The zero-order valence-corrected chi connectivity index (χ0v) is 14.4. The second kappa shape index (κ2) is 6.96. The summed E-state index contributed by atoms with van der Waals surface area (Å²) in [5.41, 5.74) is 2.30. The van der Waals surface area contributed by atoms with Gasteiger partial charge in [-0.2, -0.15) is 0 Å². The van der Waals surface area contributed by atoms with Gasteiger partial charge in [0.15, 0.2) is 9.84 Å². The first-order valence-electron chi connectivity index (χ1n) is 7.43. The van der Waals surface area contributed by atoms with E-state index in [-0.39, 0.29) is 16.7 Å². The first-order valence-corrected chi connectivity index (χ1v) is 9.32. The summed E-state index contributed by atoms with van der Waals surface area (Å²) in [6.07, 6.45) is 1.14. The molecule has 1 amide bonds. The highest BCUT2D eigenvalue weighted by molar-refractivity contribution is 7.90. The fourth-order valence-corrected chi connectivity index (χ4v) is 2.96. The van der Waals surface area contributed by atoms with Crippen molar-refractivity contribution in [2.45, 2.75) is 24.7 Å². The second-order valence-electron chi connectivity index (χ2n) is 5.77. The van der Waals surface area contributed by atoms with Gasteiger partial charge in [0.1, 0.15) is 0 Å². The summed E-state index contributed by atoms with van der Waals surface area (Å²) >= 11 is 0. The lowest BCUT2D eigenvalue weighted by molar-refractivity contribution is 0.0951. The molecule has 0 aliphatic carbocycles. The molecule has 0 aromatic heterocycles. The minimum atomic E-state index is -3.33. The Hall–Kier alpha value is -2.14. The molecule has 122 valence electrons. The van der Waals surface area contributed by atoms with E-state index in [4.69, 9.17) is 0 Å². The zero-order valence-electron chi connectivity index (χ0n) is 13.5. The van der Waals surface area contributed by atoms with Crippen LogP contribution < -0.4 is 5.32 Å². The Balaban J connectivity index is 2.12. The molecular formula is C18H21NO3S. The van der Waals surface area contributed by atoms with Crippen LogP contribution in [0.5, 0.6) is 0 Å². The predicted octanol–water partition coefficient (Wildman–Crippen LogP) is 2.93. The van der Waals surface area contributed by atoms with Gasteiger partial charge in [0.2, 0.25) is 0 Å². The molecule has 0 saturated heterocycles. The van der Waals surface area contributed by atoms with Crippen molar-refractivity contribution in [3.05, 3.63) is 65.2 Å². The monoisotopic (exact) mass is 331 g/mol. The smallest absolute Gasteiger partial charge is 0.251 e. The third kappa shape index (κ3) is 4.42. The van der Waals surface area contributed by atoms with E-state index >= 15 is 0 Å². The Kier molecular flexibility index (Phi) is 5.21. The number of rotatable bonds is 5. The van der Waals surface area contributed by atoms with Crippen molar-refractivity contribution in [2.24, 2.45) is 0 Å². The van der Waals surface area contributed by atoms with E-state index in [0.29, 0.717) is 12.1 Å². The highest BCUT2D eigenvalue weighted by Gasteiger charge is 2.15. The van der Waals surface area contributed by atoms with Gasteiger partial charge in [-0.05, 0) is 36.1 Å². The summed E-state index contributed by atoms with van der Waals surface area (Å²) < 4.78 is 23.3. The minimum absolute atomic E-state index is 0.157. The van der Waals surface area contributed by atoms with E-state index in [1.165, 1.54) is 12.1 Å². The van der Waals surface area contributed by atoms with Crippen LogP contribution in [-0.2, 0) is 9.84 Å². The number of hydrogen-bond acceptors (Lipinski definition) is 3. The Morgan fingerprint density at radius 1 is 1.13 bits per heavy atom. The number of nitrogens with one attached hydrogen (secondary N) is 1. The van der Waals surface area contributed by atoms with Crippen molar-refractivity contribution in [1.82, 2.24) is 5.32 Å². The molecule has 1 N–H and O–H groups in total. The maximum absolute atomic E-state index is 12.4. The van der Waals surface area contributed by atoms with Crippen LogP contribution in [0.4, 0.5) is 0 Å². The van der Waals surface area contributed by atoms with Gasteiger partial charge < -0.3 is 5.32 Å². The molecule has 2 rings (SSSR count). The highest BCUT2D eigenvalue weighted by Crippen LogP contribution is 2.17. The molecule has 23 heavy (non-hydrogen) atoms. The lowest BCUT2D eigenvalue weighted by Gasteiger charge is -2.14. The Labute approximate surface area is 137 Å². The molecule has 2 aromatic rings. The molecule has 2 aromatic carbocycles. The molecule has 0 saturated carbocycles. The summed E-state index contributed by atoms with van der Waals surface area (Å²) in [5.74, 6) is -0.0747. The lowest BCUT2D eigenvalue weighted by atomic mass is 10.0. The first-order chi connectivity index (χ1) is 10.8. The van der Waals surface area contributed by atoms with Gasteiger partial charge in [-0.1, -0.05) is 43.3 Å². The quantitative estimate of drug-likeness (QED) is 0.916. The summed E-state index contributed by atoms with van der Waals surface area (Å²) in [6, 6.07) is 14.5. The van der Waals surface area contributed by atoms with Crippen molar-refractivity contribution in [2.75, 3.05) is 12.8 Å².